The summed E-state index contributed by atoms with van der Waals surface area (Å²) >= 11 is 1.33. The van der Waals surface area contributed by atoms with E-state index in [4.69, 9.17) is 0 Å². The molecule has 0 amide bonds. The van der Waals surface area contributed by atoms with Crippen LogP contribution >= 0.6 is 11.3 Å². The first kappa shape index (κ1) is 12.9. The molecule has 20 heavy (non-hydrogen) atoms. The molecule has 2 aromatic heterocycles. The van der Waals surface area contributed by atoms with Crippen molar-refractivity contribution in [2.45, 2.75) is 6.18 Å². The van der Waals surface area contributed by atoms with E-state index in [1.807, 2.05) is 0 Å². The molecule has 0 aliphatic heterocycles. The Kier molecular flexibility index (Phi) is 2.89. The highest BCUT2D eigenvalue weighted by molar-refractivity contribution is 7.20. The molecule has 3 rings (SSSR count). The van der Waals surface area contributed by atoms with Gasteiger partial charge in [0.25, 0.3) is 0 Å². The monoisotopic (exact) mass is 298 g/mol. The molecule has 0 bridgehead atoms. The fourth-order valence-corrected chi connectivity index (χ4v) is 2.57. The summed E-state index contributed by atoms with van der Waals surface area (Å²) in [6, 6.07) is 5.13. The van der Waals surface area contributed by atoms with E-state index in [1.165, 1.54) is 28.1 Å². The predicted molar refractivity (Wildman–Crippen MR) is 70.8 cm³/mol. The molecule has 0 fully saturated rings. The molecule has 1 N–H and O–H groups in total. The van der Waals surface area contributed by atoms with Crippen LogP contribution in [0.2, 0.25) is 0 Å². The summed E-state index contributed by atoms with van der Waals surface area (Å²) in [5.74, 6) is 0. The molecule has 0 atom stereocenters. The molecule has 4 nitrogen and oxygen atoms in total. The van der Waals surface area contributed by atoms with Crippen LogP contribution in [0.15, 0.2) is 30.5 Å². The zero-order valence-electron chi connectivity index (χ0n) is 10.3. The van der Waals surface area contributed by atoms with Gasteiger partial charge in [-0.15, -0.1) is 5.10 Å². The van der Waals surface area contributed by atoms with Gasteiger partial charge in [0.1, 0.15) is 0 Å². The number of imidazole rings is 1. The number of nitrogens with zero attached hydrogens (tertiary/aromatic N) is 3. The Morgan fingerprint density at radius 2 is 2.10 bits per heavy atom. The predicted octanol–water partition coefficient (Wildman–Crippen LogP) is 3.52. The Balaban J connectivity index is 2.13. The average Bonchev–Trinajstić information content (AvgIpc) is 2.97. The van der Waals surface area contributed by atoms with Gasteiger partial charge in [-0.3, -0.25) is 0 Å². The molecule has 0 unspecified atom stereocenters. The molecule has 0 saturated heterocycles. The van der Waals surface area contributed by atoms with E-state index in [0.717, 1.165) is 12.1 Å². The first-order valence-electron chi connectivity index (χ1n) is 5.69. The van der Waals surface area contributed by atoms with Crippen LogP contribution in [-0.4, -0.2) is 21.6 Å². The minimum Gasteiger partial charge on any atom is -0.363 e. The van der Waals surface area contributed by atoms with E-state index in [-0.39, 0.29) is 0 Å². The number of benzene rings is 1. The SMILES string of the molecule is CNc1nn2c(-c3cccc(C(F)(F)F)c3)cnc2s1. The van der Waals surface area contributed by atoms with Crippen molar-refractivity contribution in [1.29, 1.82) is 0 Å². The molecule has 3 aromatic rings. The summed E-state index contributed by atoms with van der Waals surface area (Å²) in [6.07, 6.45) is -2.84. The molecular formula is C12H9F3N4S. The molecule has 8 heteroatoms. The highest BCUT2D eigenvalue weighted by atomic mass is 32.1. The van der Waals surface area contributed by atoms with E-state index in [0.29, 0.717) is 21.3 Å². The quantitative estimate of drug-likeness (QED) is 0.787. The van der Waals surface area contributed by atoms with Crippen LogP contribution in [0.5, 0.6) is 0 Å². The van der Waals surface area contributed by atoms with E-state index < -0.39 is 11.7 Å². The number of hydrogen-bond acceptors (Lipinski definition) is 4. The summed E-state index contributed by atoms with van der Waals surface area (Å²) in [7, 11) is 1.72. The number of alkyl halides is 3. The average molecular weight is 298 g/mol. The van der Waals surface area contributed by atoms with Crippen LogP contribution in [-0.2, 0) is 6.18 Å². The van der Waals surface area contributed by atoms with Gasteiger partial charge < -0.3 is 5.32 Å². The summed E-state index contributed by atoms with van der Waals surface area (Å²) in [6.45, 7) is 0. The van der Waals surface area contributed by atoms with E-state index in [1.54, 1.807) is 13.1 Å². The number of fused-ring (bicyclic) bond motifs is 1. The van der Waals surface area contributed by atoms with Crippen LogP contribution in [0.1, 0.15) is 5.56 Å². The summed E-state index contributed by atoms with van der Waals surface area (Å²) in [5.41, 5.74) is 0.276. The smallest absolute Gasteiger partial charge is 0.363 e. The standard InChI is InChI=1S/C12H9F3N4S/c1-16-10-18-19-9(6-17-11(19)20-10)7-3-2-4-8(5-7)12(13,14)15/h2-6H,1H3,(H,16,18). The van der Waals surface area contributed by atoms with Crippen LogP contribution in [0.25, 0.3) is 16.2 Å². The lowest BCUT2D eigenvalue weighted by molar-refractivity contribution is -0.137. The lowest BCUT2D eigenvalue weighted by Gasteiger charge is -2.07. The first-order chi connectivity index (χ1) is 9.49. The van der Waals surface area contributed by atoms with Crippen molar-refractivity contribution in [2.75, 3.05) is 12.4 Å². The molecule has 0 spiro atoms. The second-order valence-corrected chi connectivity index (χ2v) is 5.03. The maximum Gasteiger partial charge on any atom is 0.416 e. The first-order valence-corrected chi connectivity index (χ1v) is 6.50. The third-order valence-corrected chi connectivity index (χ3v) is 3.73. The number of nitrogens with one attached hydrogen (secondary N) is 1. The molecule has 0 radical (unpaired) electrons. The van der Waals surface area contributed by atoms with Gasteiger partial charge in [-0.1, -0.05) is 23.5 Å². The van der Waals surface area contributed by atoms with Gasteiger partial charge in [-0.25, -0.2) is 9.50 Å². The third kappa shape index (κ3) is 2.11. The summed E-state index contributed by atoms with van der Waals surface area (Å²) < 4.78 is 39.7. The van der Waals surface area contributed by atoms with Gasteiger partial charge in [0, 0.05) is 12.6 Å². The zero-order valence-corrected chi connectivity index (χ0v) is 11.1. The van der Waals surface area contributed by atoms with E-state index in [9.17, 15) is 13.2 Å². The van der Waals surface area contributed by atoms with Gasteiger partial charge in [-0.05, 0) is 12.1 Å². The molecule has 0 aliphatic carbocycles. The van der Waals surface area contributed by atoms with E-state index in [2.05, 4.69) is 15.4 Å². The Morgan fingerprint density at radius 3 is 2.80 bits per heavy atom. The normalized spacial score (nSPS) is 12.0. The van der Waals surface area contributed by atoms with Gasteiger partial charge in [0.15, 0.2) is 0 Å². The Morgan fingerprint density at radius 1 is 1.30 bits per heavy atom. The van der Waals surface area contributed by atoms with Crippen molar-refractivity contribution < 1.29 is 13.2 Å². The largest absolute Gasteiger partial charge is 0.416 e. The highest BCUT2D eigenvalue weighted by Gasteiger charge is 2.30. The maximum atomic E-state index is 12.7. The van der Waals surface area contributed by atoms with Gasteiger partial charge in [-0.2, -0.15) is 13.2 Å². The fraction of sp³-hybridized carbons (Fsp3) is 0.167. The molecule has 104 valence electrons. The van der Waals surface area contributed by atoms with Gasteiger partial charge in [0.2, 0.25) is 10.1 Å². The number of rotatable bonds is 2. The molecule has 2 heterocycles. The molecular weight excluding hydrogens is 289 g/mol. The third-order valence-electron chi connectivity index (χ3n) is 2.78. The Labute approximate surface area is 115 Å². The van der Waals surface area contributed by atoms with Crippen LogP contribution in [0.3, 0.4) is 0 Å². The summed E-state index contributed by atoms with van der Waals surface area (Å²) in [5, 5.41) is 7.78. The van der Waals surface area contributed by atoms with Gasteiger partial charge >= 0.3 is 6.18 Å². The summed E-state index contributed by atoms with van der Waals surface area (Å²) in [4.78, 5) is 4.78. The Hall–Kier alpha value is -2.09. The van der Waals surface area contributed by atoms with E-state index >= 15 is 0 Å². The Bertz CT molecular complexity index is 759. The molecule has 1 aromatic carbocycles. The minimum atomic E-state index is -4.36. The number of halogens is 3. The second kappa shape index (κ2) is 4.48. The zero-order chi connectivity index (χ0) is 14.3. The topological polar surface area (TPSA) is 42.2 Å². The lowest BCUT2D eigenvalue weighted by Crippen LogP contribution is -2.04. The minimum absolute atomic E-state index is 0.431. The lowest BCUT2D eigenvalue weighted by atomic mass is 10.1. The van der Waals surface area contributed by atoms with Crippen molar-refractivity contribution in [3.63, 3.8) is 0 Å². The number of anilines is 1. The number of hydrogen-bond donors (Lipinski definition) is 1. The molecule has 0 aliphatic rings. The van der Waals surface area contributed by atoms with Crippen LogP contribution < -0.4 is 5.32 Å². The molecule has 0 saturated carbocycles. The second-order valence-electron chi connectivity index (χ2n) is 4.07. The van der Waals surface area contributed by atoms with Crippen molar-refractivity contribution in [2.24, 2.45) is 0 Å². The van der Waals surface area contributed by atoms with Crippen molar-refractivity contribution in [3.8, 4) is 11.3 Å². The van der Waals surface area contributed by atoms with Crippen molar-refractivity contribution in [1.82, 2.24) is 14.6 Å². The van der Waals surface area contributed by atoms with Crippen LogP contribution in [0.4, 0.5) is 18.3 Å². The number of aromatic nitrogens is 3. The van der Waals surface area contributed by atoms with Gasteiger partial charge in [0.05, 0.1) is 17.5 Å². The maximum absolute atomic E-state index is 12.7. The van der Waals surface area contributed by atoms with Crippen LogP contribution in [0, 0.1) is 0 Å². The fourth-order valence-electron chi connectivity index (χ4n) is 1.85. The van der Waals surface area contributed by atoms with Crippen molar-refractivity contribution >= 4 is 21.4 Å². The highest BCUT2D eigenvalue weighted by Crippen LogP contribution is 2.33. The van der Waals surface area contributed by atoms with Crippen molar-refractivity contribution in [3.05, 3.63) is 36.0 Å².